The number of carbonyl (C=O) groups is 1. The first-order valence-electron chi connectivity index (χ1n) is 5.39. The van der Waals surface area contributed by atoms with Gasteiger partial charge in [-0.1, -0.05) is 12.8 Å². The number of ether oxygens (including phenoxy) is 1. The van der Waals surface area contributed by atoms with Crippen molar-refractivity contribution in [1.29, 1.82) is 0 Å². The van der Waals surface area contributed by atoms with E-state index in [1.54, 1.807) is 4.90 Å². The van der Waals surface area contributed by atoms with E-state index in [4.69, 9.17) is 4.74 Å². The molecular weight excluding hydrogens is 182 g/mol. The maximum atomic E-state index is 11.5. The van der Waals surface area contributed by atoms with Crippen molar-refractivity contribution in [1.82, 2.24) is 4.90 Å². The number of cyclic esters (lactones) is 1. The van der Waals surface area contributed by atoms with E-state index in [0.717, 1.165) is 19.3 Å². The van der Waals surface area contributed by atoms with Crippen LogP contribution in [0.3, 0.4) is 0 Å². The Kier molecular flexibility index (Phi) is 2.91. The Labute approximate surface area is 83.8 Å². The van der Waals surface area contributed by atoms with Crippen LogP contribution in [0.2, 0.25) is 0 Å². The molecule has 2 fully saturated rings. The van der Waals surface area contributed by atoms with E-state index < -0.39 is 0 Å². The maximum absolute atomic E-state index is 11.5. The van der Waals surface area contributed by atoms with Crippen LogP contribution in [0.5, 0.6) is 0 Å². The minimum absolute atomic E-state index is 0.0145. The predicted octanol–water partition coefficient (Wildman–Crippen LogP) is 1.13. The first-order valence-corrected chi connectivity index (χ1v) is 5.39. The number of carbonyl (C=O) groups excluding carboxylic acids is 1. The molecule has 1 aliphatic heterocycles. The van der Waals surface area contributed by atoms with E-state index in [1.807, 2.05) is 0 Å². The third-order valence-electron chi connectivity index (χ3n) is 3.21. The van der Waals surface area contributed by atoms with Crippen molar-refractivity contribution in [3.8, 4) is 0 Å². The average Bonchev–Trinajstić information content (AvgIpc) is 2.70. The number of amides is 1. The van der Waals surface area contributed by atoms with Gasteiger partial charge in [0.2, 0.25) is 0 Å². The molecule has 4 nitrogen and oxygen atoms in total. The first kappa shape index (κ1) is 9.77. The van der Waals surface area contributed by atoms with E-state index in [-0.39, 0.29) is 18.7 Å². The lowest BCUT2D eigenvalue weighted by molar-refractivity contribution is 0.00671. The molecule has 0 aromatic carbocycles. The van der Waals surface area contributed by atoms with Crippen molar-refractivity contribution < 1.29 is 14.6 Å². The van der Waals surface area contributed by atoms with Crippen LogP contribution in [0.1, 0.15) is 32.1 Å². The molecule has 4 heteroatoms. The molecule has 1 unspecified atom stereocenters. The molecule has 80 valence electrons. The summed E-state index contributed by atoms with van der Waals surface area (Å²) in [5.41, 5.74) is 0. The van der Waals surface area contributed by atoms with Crippen molar-refractivity contribution in [2.45, 2.75) is 44.2 Å². The number of aliphatic hydroxyl groups excluding tert-OH is 1. The van der Waals surface area contributed by atoms with Crippen LogP contribution in [0, 0.1) is 0 Å². The fourth-order valence-corrected chi connectivity index (χ4v) is 2.45. The van der Waals surface area contributed by atoms with Crippen molar-refractivity contribution in [2.24, 2.45) is 0 Å². The highest BCUT2D eigenvalue weighted by atomic mass is 16.6. The zero-order chi connectivity index (χ0) is 9.97. The van der Waals surface area contributed by atoms with Crippen LogP contribution in [0.25, 0.3) is 0 Å². The van der Waals surface area contributed by atoms with Crippen LogP contribution in [-0.4, -0.2) is 41.4 Å². The third-order valence-corrected chi connectivity index (χ3v) is 3.21. The first-order chi connectivity index (χ1) is 6.83. The lowest BCUT2D eigenvalue weighted by Gasteiger charge is -2.38. The van der Waals surface area contributed by atoms with Crippen molar-refractivity contribution in [3.63, 3.8) is 0 Å². The van der Waals surface area contributed by atoms with Gasteiger partial charge in [-0.2, -0.15) is 0 Å². The van der Waals surface area contributed by atoms with E-state index in [2.05, 4.69) is 0 Å². The largest absolute Gasteiger partial charge is 0.449 e. The van der Waals surface area contributed by atoms with Crippen LogP contribution in [0.15, 0.2) is 0 Å². The summed E-state index contributed by atoms with van der Waals surface area (Å²) in [4.78, 5) is 13.3. The Morgan fingerprint density at radius 3 is 2.71 bits per heavy atom. The molecule has 1 saturated heterocycles. The van der Waals surface area contributed by atoms with Gasteiger partial charge in [-0.15, -0.1) is 0 Å². The highest BCUT2D eigenvalue weighted by molar-refractivity contribution is 5.69. The molecule has 1 atom stereocenters. The minimum atomic E-state index is -0.234. The van der Waals surface area contributed by atoms with Crippen LogP contribution < -0.4 is 0 Å². The predicted molar refractivity (Wildman–Crippen MR) is 50.9 cm³/mol. The molecule has 2 rings (SSSR count). The molecule has 0 spiro atoms. The number of nitrogens with zero attached hydrogens (tertiary/aromatic N) is 1. The second kappa shape index (κ2) is 4.17. The summed E-state index contributed by atoms with van der Waals surface area (Å²) in [5, 5.41) is 9.19. The van der Waals surface area contributed by atoms with Gasteiger partial charge in [0.25, 0.3) is 0 Å². The summed E-state index contributed by atoms with van der Waals surface area (Å²) in [5.74, 6) is 0. The number of hydrogen-bond donors (Lipinski definition) is 1. The van der Waals surface area contributed by atoms with Gasteiger partial charge >= 0.3 is 6.09 Å². The Morgan fingerprint density at radius 2 is 2.07 bits per heavy atom. The van der Waals surface area contributed by atoms with E-state index in [0.29, 0.717) is 12.6 Å². The van der Waals surface area contributed by atoms with Gasteiger partial charge in [0.05, 0.1) is 19.3 Å². The Bertz CT molecular complexity index is 211. The quantitative estimate of drug-likeness (QED) is 0.725. The molecule has 1 amide bonds. The molecule has 0 aromatic heterocycles. The molecule has 1 aliphatic carbocycles. The molecule has 0 aromatic rings. The van der Waals surface area contributed by atoms with E-state index in [1.165, 1.54) is 12.8 Å². The Morgan fingerprint density at radius 1 is 1.36 bits per heavy atom. The van der Waals surface area contributed by atoms with E-state index in [9.17, 15) is 9.90 Å². The molecule has 1 N–H and O–H groups in total. The zero-order valence-corrected chi connectivity index (χ0v) is 8.32. The van der Waals surface area contributed by atoms with Crippen LogP contribution in [0.4, 0.5) is 4.79 Å². The van der Waals surface area contributed by atoms with Crippen LogP contribution in [-0.2, 0) is 4.74 Å². The molecule has 0 radical (unpaired) electrons. The van der Waals surface area contributed by atoms with E-state index >= 15 is 0 Å². The molecule has 1 heterocycles. The summed E-state index contributed by atoms with van der Waals surface area (Å²) in [6, 6.07) is 0.291. The summed E-state index contributed by atoms with van der Waals surface area (Å²) in [7, 11) is 0. The van der Waals surface area contributed by atoms with Gasteiger partial charge in [0.15, 0.2) is 0 Å². The molecule has 1 saturated carbocycles. The second-order valence-electron chi connectivity index (χ2n) is 4.08. The van der Waals surface area contributed by atoms with Crippen molar-refractivity contribution >= 4 is 6.09 Å². The summed E-state index contributed by atoms with van der Waals surface area (Å²) in [6.45, 7) is 0.513. The molecule has 14 heavy (non-hydrogen) atoms. The fraction of sp³-hybridized carbons (Fsp3) is 0.900. The minimum Gasteiger partial charge on any atom is -0.449 e. The van der Waals surface area contributed by atoms with Gasteiger partial charge in [-0.25, -0.2) is 4.79 Å². The molecular formula is C10H17NO3. The highest BCUT2D eigenvalue weighted by Gasteiger charge is 2.35. The van der Waals surface area contributed by atoms with Gasteiger partial charge in [-0.05, 0) is 12.8 Å². The maximum Gasteiger partial charge on any atom is 0.410 e. The Hall–Kier alpha value is -0.770. The topological polar surface area (TPSA) is 49.8 Å². The lowest BCUT2D eigenvalue weighted by atomic mass is 10.1. The van der Waals surface area contributed by atoms with Gasteiger partial charge < -0.3 is 9.84 Å². The smallest absolute Gasteiger partial charge is 0.410 e. The fourth-order valence-electron chi connectivity index (χ4n) is 2.45. The van der Waals surface area contributed by atoms with Gasteiger partial charge in [0, 0.05) is 12.5 Å². The van der Waals surface area contributed by atoms with Crippen molar-refractivity contribution in [2.75, 3.05) is 13.2 Å². The normalized spacial score (nSPS) is 29.4. The average molecular weight is 199 g/mol. The summed E-state index contributed by atoms with van der Waals surface area (Å²) >= 11 is 0. The monoisotopic (exact) mass is 199 g/mol. The number of hydrogen-bond acceptors (Lipinski definition) is 3. The molecule has 0 bridgehead atoms. The zero-order valence-electron chi connectivity index (χ0n) is 8.32. The summed E-state index contributed by atoms with van der Waals surface area (Å²) < 4.78 is 5.01. The number of aliphatic hydroxyl groups is 1. The third kappa shape index (κ3) is 1.71. The van der Waals surface area contributed by atoms with Crippen LogP contribution >= 0.6 is 0 Å². The SMILES string of the molecule is O=C1OCCC(CO)N1C1CCCC1. The standard InChI is InChI=1S/C10H17NO3/c12-7-9-5-6-14-10(13)11(9)8-3-1-2-4-8/h8-9,12H,1-7H2. The Balaban J connectivity index is 2.06. The van der Waals surface area contributed by atoms with Gasteiger partial charge in [0.1, 0.15) is 0 Å². The second-order valence-corrected chi connectivity index (χ2v) is 4.08. The van der Waals surface area contributed by atoms with Gasteiger partial charge in [-0.3, -0.25) is 4.90 Å². The molecule has 2 aliphatic rings. The van der Waals surface area contributed by atoms with Crippen molar-refractivity contribution in [3.05, 3.63) is 0 Å². The highest BCUT2D eigenvalue weighted by Crippen LogP contribution is 2.28. The lowest BCUT2D eigenvalue weighted by Crippen LogP contribution is -2.51. The number of rotatable bonds is 2. The summed E-state index contributed by atoms with van der Waals surface area (Å²) in [6.07, 6.45) is 5.02.